The molecule has 0 spiro atoms. The second-order valence-electron chi connectivity index (χ2n) is 4.67. The molecule has 5 nitrogen and oxygen atoms in total. The summed E-state index contributed by atoms with van der Waals surface area (Å²) >= 11 is 0. The predicted molar refractivity (Wildman–Crippen MR) is 67.4 cm³/mol. The van der Waals surface area contributed by atoms with Crippen LogP contribution >= 0.6 is 0 Å². The molecule has 0 bridgehead atoms. The lowest BCUT2D eigenvalue weighted by Gasteiger charge is -2.17. The highest BCUT2D eigenvalue weighted by atomic mass is 16.4. The van der Waals surface area contributed by atoms with Gasteiger partial charge in [-0.15, -0.1) is 0 Å². The van der Waals surface area contributed by atoms with Gasteiger partial charge in [0.05, 0.1) is 18.4 Å². The summed E-state index contributed by atoms with van der Waals surface area (Å²) in [7, 11) is 0. The van der Waals surface area contributed by atoms with Gasteiger partial charge in [-0.1, -0.05) is 45.4 Å². The van der Waals surface area contributed by atoms with Crippen LogP contribution in [0.25, 0.3) is 0 Å². The van der Waals surface area contributed by atoms with Gasteiger partial charge in [-0.25, -0.2) is 0 Å². The SMILES string of the molecule is CCCCCCCC[C@@H](C(=O)O)[C@H](O)CC(=O)O. The number of aliphatic hydroxyl groups excluding tert-OH is 1. The fourth-order valence-electron chi connectivity index (χ4n) is 1.95. The van der Waals surface area contributed by atoms with Gasteiger partial charge < -0.3 is 15.3 Å². The minimum Gasteiger partial charge on any atom is -0.481 e. The molecular formula is C13H24O5. The summed E-state index contributed by atoms with van der Waals surface area (Å²) in [6.07, 6.45) is 4.75. The van der Waals surface area contributed by atoms with Crippen LogP contribution in [-0.2, 0) is 9.59 Å². The Kier molecular flexibility index (Phi) is 9.28. The molecule has 18 heavy (non-hydrogen) atoms. The molecular weight excluding hydrogens is 236 g/mol. The number of rotatable bonds is 11. The Labute approximate surface area is 108 Å². The van der Waals surface area contributed by atoms with Crippen molar-refractivity contribution < 1.29 is 24.9 Å². The van der Waals surface area contributed by atoms with Crippen LogP contribution in [0.5, 0.6) is 0 Å². The van der Waals surface area contributed by atoms with Crippen molar-refractivity contribution in [2.45, 2.75) is 64.4 Å². The summed E-state index contributed by atoms with van der Waals surface area (Å²) in [6.45, 7) is 2.13. The quantitative estimate of drug-likeness (QED) is 0.495. The van der Waals surface area contributed by atoms with Gasteiger partial charge in [0, 0.05) is 0 Å². The molecule has 0 rings (SSSR count). The number of hydrogen-bond acceptors (Lipinski definition) is 3. The number of hydrogen-bond donors (Lipinski definition) is 3. The third-order valence-corrected chi connectivity index (χ3v) is 3.03. The Morgan fingerprint density at radius 3 is 2.06 bits per heavy atom. The molecule has 0 fully saturated rings. The average Bonchev–Trinajstić information content (AvgIpc) is 2.26. The number of carboxylic acids is 2. The molecule has 2 atom stereocenters. The van der Waals surface area contributed by atoms with E-state index in [0.717, 1.165) is 32.1 Å². The van der Waals surface area contributed by atoms with Crippen molar-refractivity contribution in [2.24, 2.45) is 5.92 Å². The van der Waals surface area contributed by atoms with Gasteiger partial charge in [0.25, 0.3) is 0 Å². The third-order valence-electron chi connectivity index (χ3n) is 3.03. The average molecular weight is 260 g/mol. The van der Waals surface area contributed by atoms with Gasteiger partial charge in [-0.05, 0) is 6.42 Å². The normalized spacial score (nSPS) is 14.1. The zero-order chi connectivity index (χ0) is 14.0. The van der Waals surface area contributed by atoms with Gasteiger partial charge in [-0.2, -0.15) is 0 Å². The van der Waals surface area contributed by atoms with Crippen molar-refractivity contribution in [1.29, 1.82) is 0 Å². The minimum absolute atomic E-state index is 0.343. The summed E-state index contributed by atoms with van der Waals surface area (Å²) in [5.74, 6) is -3.25. The zero-order valence-electron chi connectivity index (χ0n) is 11.0. The molecule has 0 aliphatic carbocycles. The maximum atomic E-state index is 10.9. The predicted octanol–water partition coefficient (Wildman–Crippen LogP) is 2.27. The molecule has 3 N–H and O–H groups in total. The maximum Gasteiger partial charge on any atom is 0.309 e. The molecule has 0 aromatic carbocycles. The highest BCUT2D eigenvalue weighted by molar-refractivity contribution is 5.73. The lowest BCUT2D eigenvalue weighted by Crippen LogP contribution is -2.30. The molecule has 0 aliphatic rings. The van der Waals surface area contributed by atoms with E-state index in [2.05, 4.69) is 6.92 Å². The second-order valence-corrected chi connectivity index (χ2v) is 4.67. The minimum atomic E-state index is -1.30. The zero-order valence-corrected chi connectivity index (χ0v) is 11.0. The standard InChI is InChI=1S/C13H24O5/c1-2-3-4-5-6-7-8-10(13(17)18)11(14)9-12(15)16/h10-11,14H,2-9H2,1H3,(H,15,16)(H,17,18)/t10-,11-/m1/s1. The molecule has 0 saturated carbocycles. The Morgan fingerprint density at radius 2 is 1.56 bits per heavy atom. The number of aliphatic carboxylic acids is 2. The van der Waals surface area contributed by atoms with E-state index in [0.29, 0.717) is 6.42 Å². The van der Waals surface area contributed by atoms with Crippen molar-refractivity contribution in [3.8, 4) is 0 Å². The number of unbranched alkanes of at least 4 members (excludes halogenated alkanes) is 5. The number of carboxylic acid groups (broad SMARTS) is 2. The lowest BCUT2D eigenvalue weighted by atomic mass is 9.93. The third kappa shape index (κ3) is 8.06. The first-order chi connectivity index (χ1) is 8.49. The van der Waals surface area contributed by atoms with Gasteiger partial charge in [0.15, 0.2) is 0 Å². The van der Waals surface area contributed by atoms with Crippen molar-refractivity contribution in [2.75, 3.05) is 0 Å². The van der Waals surface area contributed by atoms with Crippen LogP contribution in [0.4, 0.5) is 0 Å². The molecule has 106 valence electrons. The summed E-state index contributed by atoms with van der Waals surface area (Å²) in [4.78, 5) is 21.4. The first-order valence-electron chi connectivity index (χ1n) is 6.61. The Morgan fingerprint density at radius 1 is 1.00 bits per heavy atom. The lowest BCUT2D eigenvalue weighted by molar-refractivity contribution is -0.148. The van der Waals surface area contributed by atoms with E-state index in [9.17, 15) is 14.7 Å². The maximum absolute atomic E-state index is 10.9. The molecule has 0 unspecified atom stereocenters. The van der Waals surface area contributed by atoms with E-state index in [1.54, 1.807) is 0 Å². The Balaban J connectivity index is 3.90. The molecule has 0 radical (unpaired) electrons. The number of aliphatic hydroxyl groups is 1. The summed E-state index contributed by atoms with van der Waals surface area (Å²) in [5, 5.41) is 27.0. The van der Waals surface area contributed by atoms with Gasteiger partial charge >= 0.3 is 11.9 Å². The van der Waals surface area contributed by atoms with Gasteiger partial charge in [0.2, 0.25) is 0 Å². The van der Waals surface area contributed by atoms with E-state index in [1.807, 2.05) is 0 Å². The van der Waals surface area contributed by atoms with Gasteiger partial charge in [0.1, 0.15) is 0 Å². The first-order valence-corrected chi connectivity index (χ1v) is 6.61. The number of carbonyl (C=O) groups is 2. The largest absolute Gasteiger partial charge is 0.481 e. The van der Waals surface area contributed by atoms with Gasteiger partial charge in [-0.3, -0.25) is 9.59 Å². The van der Waals surface area contributed by atoms with E-state index in [-0.39, 0.29) is 0 Å². The molecule has 0 saturated heterocycles. The fourth-order valence-corrected chi connectivity index (χ4v) is 1.95. The van der Waals surface area contributed by atoms with Crippen molar-refractivity contribution in [3.05, 3.63) is 0 Å². The first kappa shape index (κ1) is 16.9. The van der Waals surface area contributed by atoms with Crippen molar-refractivity contribution in [1.82, 2.24) is 0 Å². The van der Waals surface area contributed by atoms with Crippen LogP contribution in [0.1, 0.15) is 58.3 Å². The topological polar surface area (TPSA) is 94.8 Å². The smallest absolute Gasteiger partial charge is 0.309 e. The summed E-state index contributed by atoms with van der Waals surface area (Å²) in [5.41, 5.74) is 0. The molecule has 0 aliphatic heterocycles. The highest BCUT2D eigenvalue weighted by Crippen LogP contribution is 2.18. The Hall–Kier alpha value is -1.10. The van der Waals surface area contributed by atoms with E-state index in [1.165, 1.54) is 6.42 Å². The Bertz CT molecular complexity index is 252. The molecule has 0 aromatic rings. The highest BCUT2D eigenvalue weighted by Gasteiger charge is 2.27. The van der Waals surface area contributed by atoms with Crippen molar-refractivity contribution in [3.63, 3.8) is 0 Å². The molecule has 5 heteroatoms. The van der Waals surface area contributed by atoms with Crippen molar-refractivity contribution >= 4 is 11.9 Å². The monoisotopic (exact) mass is 260 g/mol. The van der Waals surface area contributed by atoms with Crippen LogP contribution in [0.2, 0.25) is 0 Å². The second kappa shape index (κ2) is 9.88. The van der Waals surface area contributed by atoms with E-state index >= 15 is 0 Å². The van der Waals surface area contributed by atoms with Crippen LogP contribution in [0.3, 0.4) is 0 Å². The molecule has 0 aromatic heterocycles. The summed E-state index contributed by atoms with van der Waals surface area (Å²) < 4.78 is 0. The summed E-state index contributed by atoms with van der Waals surface area (Å²) in [6, 6.07) is 0. The van der Waals surface area contributed by atoms with E-state index in [4.69, 9.17) is 10.2 Å². The van der Waals surface area contributed by atoms with Crippen LogP contribution < -0.4 is 0 Å². The van der Waals surface area contributed by atoms with Crippen LogP contribution in [0.15, 0.2) is 0 Å². The molecule has 0 amide bonds. The fraction of sp³-hybridized carbons (Fsp3) is 0.846. The molecule has 0 heterocycles. The van der Waals surface area contributed by atoms with Crippen LogP contribution in [-0.4, -0.2) is 33.4 Å². The van der Waals surface area contributed by atoms with E-state index < -0.39 is 30.4 Å². The van der Waals surface area contributed by atoms with Crippen LogP contribution in [0, 0.1) is 5.92 Å².